The molecule has 0 unspecified atom stereocenters. The first-order chi connectivity index (χ1) is 17.9. The van der Waals surface area contributed by atoms with Gasteiger partial charge in [-0.2, -0.15) is 0 Å². The SMILES string of the molecule is CCc1ccc(NC(=O)Cn2c(=O)n(CCCC(=O)Nc3ccc(OC)cc3)c(=O)c3sccc32)cc1. The number of aromatic nitrogens is 2. The zero-order valence-corrected chi connectivity index (χ0v) is 21.5. The Hall–Kier alpha value is -4.18. The number of nitrogens with zero attached hydrogens (tertiary/aromatic N) is 2. The summed E-state index contributed by atoms with van der Waals surface area (Å²) in [6, 6.07) is 16.1. The van der Waals surface area contributed by atoms with E-state index in [0.29, 0.717) is 27.3 Å². The molecule has 4 aromatic rings. The van der Waals surface area contributed by atoms with E-state index >= 15 is 0 Å². The fourth-order valence-corrected chi connectivity index (χ4v) is 4.79. The Morgan fingerprint density at radius 3 is 2.19 bits per heavy atom. The number of nitrogens with one attached hydrogen (secondary N) is 2. The molecule has 9 nitrogen and oxygen atoms in total. The summed E-state index contributed by atoms with van der Waals surface area (Å²) < 4.78 is 7.90. The molecule has 37 heavy (non-hydrogen) atoms. The fraction of sp³-hybridized carbons (Fsp3) is 0.259. The van der Waals surface area contributed by atoms with Crippen molar-refractivity contribution in [3.63, 3.8) is 0 Å². The molecule has 4 rings (SSSR count). The Labute approximate surface area is 217 Å². The minimum atomic E-state index is -0.581. The number of rotatable bonds is 10. The Balaban J connectivity index is 1.45. The second kappa shape index (κ2) is 11.7. The van der Waals surface area contributed by atoms with Crippen molar-refractivity contribution >= 4 is 44.7 Å². The third-order valence-electron chi connectivity index (χ3n) is 5.94. The number of thiophene rings is 1. The first kappa shape index (κ1) is 25.9. The number of aryl methyl sites for hydroxylation is 1. The van der Waals surface area contributed by atoms with Gasteiger partial charge in [-0.25, -0.2) is 4.79 Å². The smallest absolute Gasteiger partial charge is 0.332 e. The van der Waals surface area contributed by atoms with Crippen molar-refractivity contribution < 1.29 is 14.3 Å². The van der Waals surface area contributed by atoms with E-state index in [2.05, 4.69) is 10.6 Å². The number of anilines is 2. The predicted octanol–water partition coefficient (Wildman–Crippen LogP) is 3.85. The van der Waals surface area contributed by atoms with Crippen LogP contribution in [0.5, 0.6) is 5.75 Å². The number of fused-ring (bicyclic) bond motifs is 1. The maximum Gasteiger partial charge on any atom is 0.332 e. The molecular weight excluding hydrogens is 492 g/mol. The van der Waals surface area contributed by atoms with Crippen molar-refractivity contribution in [2.75, 3.05) is 17.7 Å². The van der Waals surface area contributed by atoms with Crippen molar-refractivity contribution in [1.29, 1.82) is 0 Å². The van der Waals surface area contributed by atoms with Gasteiger partial charge in [-0.05, 0) is 66.2 Å². The molecule has 2 heterocycles. The van der Waals surface area contributed by atoms with Gasteiger partial charge in [0.2, 0.25) is 11.8 Å². The lowest BCUT2D eigenvalue weighted by Crippen LogP contribution is -2.41. The van der Waals surface area contributed by atoms with Gasteiger partial charge >= 0.3 is 5.69 Å². The largest absolute Gasteiger partial charge is 0.497 e. The normalized spacial score (nSPS) is 10.9. The van der Waals surface area contributed by atoms with E-state index in [-0.39, 0.29) is 37.7 Å². The predicted molar refractivity (Wildman–Crippen MR) is 146 cm³/mol. The topological polar surface area (TPSA) is 111 Å². The number of methoxy groups -OCH3 is 1. The molecule has 2 N–H and O–H groups in total. The number of hydrogen-bond acceptors (Lipinski definition) is 6. The van der Waals surface area contributed by atoms with E-state index in [1.807, 2.05) is 31.2 Å². The Kier molecular flexibility index (Phi) is 8.19. The minimum Gasteiger partial charge on any atom is -0.497 e. The van der Waals surface area contributed by atoms with E-state index in [1.165, 1.54) is 15.9 Å². The highest BCUT2D eigenvalue weighted by Crippen LogP contribution is 2.17. The maximum absolute atomic E-state index is 13.2. The van der Waals surface area contributed by atoms with E-state index in [4.69, 9.17) is 4.74 Å². The van der Waals surface area contributed by atoms with Crippen molar-refractivity contribution in [3.8, 4) is 5.75 Å². The fourth-order valence-electron chi connectivity index (χ4n) is 3.95. The van der Waals surface area contributed by atoms with Gasteiger partial charge in [-0.3, -0.25) is 23.5 Å². The molecular formula is C27H28N4O5S. The number of amides is 2. The average Bonchev–Trinajstić information content (AvgIpc) is 3.40. The first-order valence-corrected chi connectivity index (χ1v) is 12.8. The summed E-state index contributed by atoms with van der Waals surface area (Å²) >= 11 is 1.22. The zero-order chi connectivity index (χ0) is 26.4. The van der Waals surface area contributed by atoms with Gasteiger partial charge in [-0.15, -0.1) is 11.3 Å². The molecule has 0 aliphatic carbocycles. The van der Waals surface area contributed by atoms with Crippen LogP contribution in [0.15, 0.2) is 69.6 Å². The van der Waals surface area contributed by atoms with Crippen LogP contribution in [0.2, 0.25) is 0 Å². The van der Waals surface area contributed by atoms with E-state index < -0.39 is 11.2 Å². The Morgan fingerprint density at radius 2 is 1.54 bits per heavy atom. The highest BCUT2D eigenvalue weighted by molar-refractivity contribution is 7.17. The highest BCUT2D eigenvalue weighted by Gasteiger charge is 2.17. The number of carbonyl (C=O) groups excluding carboxylic acids is 2. The van der Waals surface area contributed by atoms with Gasteiger partial charge in [-0.1, -0.05) is 19.1 Å². The van der Waals surface area contributed by atoms with Crippen LogP contribution in [0.1, 0.15) is 25.3 Å². The van der Waals surface area contributed by atoms with Gasteiger partial charge in [0.25, 0.3) is 5.56 Å². The zero-order valence-electron chi connectivity index (χ0n) is 20.7. The third-order valence-corrected chi connectivity index (χ3v) is 6.84. The van der Waals surface area contributed by atoms with Crippen molar-refractivity contribution in [3.05, 3.63) is 86.4 Å². The summed E-state index contributed by atoms with van der Waals surface area (Å²) in [6.07, 6.45) is 1.29. The molecule has 0 fully saturated rings. The molecule has 0 saturated heterocycles. The molecule has 2 aromatic carbocycles. The Bertz CT molecular complexity index is 1520. The van der Waals surface area contributed by atoms with Crippen molar-refractivity contribution in [1.82, 2.24) is 9.13 Å². The number of carbonyl (C=O) groups is 2. The molecule has 0 saturated carbocycles. The summed E-state index contributed by atoms with van der Waals surface area (Å²) in [5.74, 6) is 0.0767. The summed E-state index contributed by atoms with van der Waals surface area (Å²) in [6.45, 7) is 1.87. The summed E-state index contributed by atoms with van der Waals surface area (Å²) in [5, 5.41) is 7.31. The van der Waals surface area contributed by atoms with Gasteiger partial charge in [0.1, 0.15) is 17.0 Å². The van der Waals surface area contributed by atoms with Crippen LogP contribution in [0.4, 0.5) is 11.4 Å². The summed E-state index contributed by atoms with van der Waals surface area (Å²) in [4.78, 5) is 51.3. The monoisotopic (exact) mass is 520 g/mol. The maximum atomic E-state index is 13.2. The number of ether oxygens (including phenoxy) is 1. The van der Waals surface area contributed by atoms with Crippen molar-refractivity contribution in [2.24, 2.45) is 0 Å². The molecule has 0 bridgehead atoms. The molecule has 2 aromatic heterocycles. The van der Waals surface area contributed by atoms with Crippen LogP contribution in [-0.2, 0) is 29.1 Å². The third kappa shape index (κ3) is 6.15. The molecule has 192 valence electrons. The molecule has 0 aliphatic rings. The second-order valence-corrected chi connectivity index (χ2v) is 9.36. The van der Waals surface area contributed by atoms with Crippen LogP contribution in [0, 0.1) is 0 Å². The molecule has 0 atom stereocenters. The lowest BCUT2D eigenvalue weighted by atomic mass is 10.1. The van der Waals surface area contributed by atoms with Crippen LogP contribution >= 0.6 is 11.3 Å². The molecule has 0 aliphatic heterocycles. The van der Waals surface area contributed by atoms with Gasteiger partial charge < -0.3 is 15.4 Å². The summed E-state index contributed by atoms with van der Waals surface area (Å²) in [7, 11) is 1.56. The number of benzene rings is 2. The number of hydrogen-bond donors (Lipinski definition) is 2. The Morgan fingerprint density at radius 1 is 0.892 bits per heavy atom. The van der Waals surface area contributed by atoms with E-state index in [9.17, 15) is 19.2 Å². The van der Waals surface area contributed by atoms with Gasteiger partial charge in [0.15, 0.2) is 0 Å². The first-order valence-electron chi connectivity index (χ1n) is 11.9. The van der Waals surface area contributed by atoms with E-state index in [0.717, 1.165) is 16.6 Å². The highest BCUT2D eigenvalue weighted by atomic mass is 32.1. The minimum absolute atomic E-state index is 0.0572. The second-order valence-electron chi connectivity index (χ2n) is 8.44. The molecule has 10 heteroatoms. The van der Waals surface area contributed by atoms with Gasteiger partial charge in [0.05, 0.1) is 12.6 Å². The van der Waals surface area contributed by atoms with Crippen LogP contribution in [0.3, 0.4) is 0 Å². The van der Waals surface area contributed by atoms with E-state index in [1.54, 1.807) is 42.8 Å². The van der Waals surface area contributed by atoms with Crippen molar-refractivity contribution in [2.45, 2.75) is 39.3 Å². The quantitative estimate of drug-likeness (QED) is 0.330. The molecule has 0 spiro atoms. The standard InChI is InChI=1S/C27H28N4O5S/c1-3-18-6-8-19(9-7-18)29-24(33)17-31-22-14-16-37-25(22)26(34)30(27(31)35)15-4-5-23(32)28-20-10-12-21(36-2)13-11-20/h6-14,16H,3-5,15,17H2,1-2H3,(H,28,32)(H,29,33). The lowest BCUT2D eigenvalue weighted by molar-refractivity contribution is -0.117. The van der Waals surface area contributed by atoms with Crippen LogP contribution < -0.4 is 26.6 Å². The average molecular weight is 521 g/mol. The van der Waals surface area contributed by atoms with Crippen LogP contribution in [-0.4, -0.2) is 28.1 Å². The van der Waals surface area contributed by atoms with Crippen LogP contribution in [0.25, 0.3) is 10.2 Å². The molecule has 0 radical (unpaired) electrons. The summed E-state index contributed by atoms with van der Waals surface area (Å²) in [5.41, 5.74) is 1.83. The van der Waals surface area contributed by atoms with Gasteiger partial charge in [0, 0.05) is 24.3 Å². The molecule has 2 amide bonds. The lowest BCUT2D eigenvalue weighted by Gasteiger charge is -2.13.